The van der Waals surface area contributed by atoms with Gasteiger partial charge >= 0.3 is 0 Å². The Morgan fingerprint density at radius 1 is 1.22 bits per heavy atom. The van der Waals surface area contributed by atoms with Gasteiger partial charge < -0.3 is 5.84 Å². The molecule has 1 aliphatic rings. The molecule has 0 saturated heterocycles. The first-order valence-corrected chi connectivity index (χ1v) is 11.0. The molecular formula is C18H20N4O3S2. The van der Waals surface area contributed by atoms with Crippen molar-refractivity contribution >= 4 is 31.6 Å². The number of aryl methyl sites for hydroxylation is 3. The number of nitrogen functional groups attached to an aromatic ring is 1. The fraction of sp³-hybridized carbons (Fsp3) is 0.333. The molecule has 7 nitrogen and oxygen atoms in total. The number of sulfonamides is 1. The van der Waals surface area contributed by atoms with Gasteiger partial charge in [0.25, 0.3) is 5.56 Å². The van der Waals surface area contributed by atoms with Crippen molar-refractivity contribution in [1.82, 2.24) is 14.4 Å². The van der Waals surface area contributed by atoms with Gasteiger partial charge in [-0.2, -0.15) is 0 Å². The highest BCUT2D eigenvalue weighted by Crippen LogP contribution is 2.33. The molecule has 4 rings (SSSR count). The van der Waals surface area contributed by atoms with Crippen LogP contribution in [0.2, 0.25) is 0 Å². The number of fused-ring (bicyclic) bond motifs is 3. The molecule has 0 unspecified atom stereocenters. The number of nitrogens with two attached hydrogens (primary N) is 1. The molecule has 1 aliphatic carbocycles. The zero-order chi connectivity index (χ0) is 19.2. The molecular weight excluding hydrogens is 384 g/mol. The van der Waals surface area contributed by atoms with Gasteiger partial charge in [-0.25, -0.2) is 22.8 Å². The first-order chi connectivity index (χ1) is 12.9. The predicted molar refractivity (Wildman–Crippen MR) is 106 cm³/mol. The maximum absolute atomic E-state index is 12.7. The van der Waals surface area contributed by atoms with E-state index in [4.69, 9.17) is 5.84 Å². The SMILES string of the molecule is Cc1ccc(S(=O)(=O)NCc2nc3sc4c(c3c(=O)n2N)CCCC4)cc1. The number of nitrogens with one attached hydrogen (secondary N) is 1. The lowest BCUT2D eigenvalue weighted by atomic mass is 9.97. The van der Waals surface area contributed by atoms with Crippen LogP contribution < -0.4 is 16.1 Å². The van der Waals surface area contributed by atoms with E-state index in [0.717, 1.165) is 41.5 Å². The predicted octanol–water partition coefficient (Wildman–Crippen LogP) is 1.84. The molecule has 0 bridgehead atoms. The maximum atomic E-state index is 12.7. The van der Waals surface area contributed by atoms with E-state index >= 15 is 0 Å². The minimum Gasteiger partial charge on any atom is -0.335 e. The molecule has 27 heavy (non-hydrogen) atoms. The fourth-order valence-corrected chi connectivity index (χ4v) is 5.60. The first-order valence-electron chi connectivity index (χ1n) is 8.74. The normalized spacial score (nSPS) is 14.4. The Morgan fingerprint density at radius 3 is 2.67 bits per heavy atom. The van der Waals surface area contributed by atoms with Gasteiger partial charge in [0.15, 0.2) is 0 Å². The van der Waals surface area contributed by atoms with Crippen molar-refractivity contribution in [2.45, 2.75) is 44.0 Å². The Hall–Kier alpha value is -2.23. The summed E-state index contributed by atoms with van der Waals surface area (Å²) in [5, 5.41) is 0.586. The van der Waals surface area contributed by atoms with Gasteiger partial charge in [0.1, 0.15) is 10.7 Å². The van der Waals surface area contributed by atoms with Crippen molar-refractivity contribution in [2.24, 2.45) is 0 Å². The summed E-state index contributed by atoms with van der Waals surface area (Å²) in [5.41, 5.74) is 1.71. The first kappa shape index (κ1) is 18.1. The Kier molecular flexibility index (Phi) is 4.53. The van der Waals surface area contributed by atoms with Gasteiger partial charge in [-0.05, 0) is 50.3 Å². The van der Waals surface area contributed by atoms with E-state index < -0.39 is 10.0 Å². The van der Waals surface area contributed by atoms with Crippen LogP contribution in [0.15, 0.2) is 34.0 Å². The van der Waals surface area contributed by atoms with E-state index in [1.165, 1.54) is 28.3 Å². The van der Waals surface area contributed by atoms with Crippen LogP contribution >= 0.6 is 11.3 Å². The summed E-state index contributed by atoms with van der Waals surface area (Å²) in [5.74, 6) is 6.14. The summed E-state index contributed by atoms with van der Waals surface area (Å²) < 4.78 is 28.4. The van der Waals surface area contributed by atoms with E-state index in [1.807, 2.05) is 6.92 Å². The van der Waals surface area contributed by atoms with Crippen molar-refractivity contribution in [2.75, 3.05) is 5.84 Å². The van der Waals surface area contributed by atoms with E-state index in [-0.39, 0.29) is 22.8 Å². The van der Waals surface area contributed by atoms with Crippen molar-refractivity contribution in [1.29, 1.82) is 0 Å². The third-order valence-corrected chi connectivity index (χ3v) is 7.45. The molecule has 1 aromatic carbocycles. The van der Waals surface area contributed by atoms with Gasteiger partial charge in [-0.1, -0.05) is 17.7 Å². The third kappa shape index (κ3) is 3.26. The second kappa shape index (κ2) is 6.74. The average Bonchev–Trinajstić information content (AvgIpc) is 3.02. The lowest BCUT2D eigenvalue weighted by Crippen LogP contribution is -2.35. The van der Waals surface area contributed by atoms with Gasteiger partial charge in [-0.15, -0.1) is 11.3 Å². The summed E-state index contributed by atoms with van der Waals surface area (Å²) in [7, 11) is -3.72. The monoisotopic (exact) mass is 404 g/mol. The summed E-state index contributed by atoms with van der Waals surface area (Å²) in [6.45, 7) is 1.73. The minimum absolute atomic E-state index is 0.152. The molecule has 3 N–H and O–H groups in total. The number of hydrogen-bond donors (Lipinski definition) is 2. The van der Waals surface area contributed by atoms with Crippen LogP contribution in [0, 0.1) is 6.92 Å². The molecule has 0 aliphatic heterocycles. The third-order valence-electron chi connectivity index (χ3n) is 4.85. The lowest BCUT2D eigenvalue weighted by Gasteiger charge is -2.11. The second-order valence-electron chi connectivity index (χ2n) is 6.73. The summed E-state index contributed by atoms with van der Waals surface area (Å²) in [6.07, 6.45) is 3.99. The summed E-state index contributed by atoms with van der Waals surface area (Å²) in [6, 6.07) is 6.54. The van der Waals surface area contributed by atoms with Crippen LogP contribution in [0.25, 0.3) is 10.2 Å². The molecule has 0 amide bonds. The highest BCUT2D eigenvalue weighted by atomic mass is 32.2. The maximum Gasteiger partial charge on any atom is 0.280 e. The van der Waals surface area contributed by atoms with Crippen LogP contribution in [0.5, 0.6) is 0 Å². The number of thiophene rings is 1. The van der Waals surface area contributed by atoms with E-state index in [1.54, 1.807) is 12.1 Å². The molecule has 0 saturated carbocycles. The molecule has 0 atom stereocenters. The quantitative estimate of drug-likeness (QED) is 0.645. The van der Waals surface area contributed by atoms with Crippen molar-refractivity contribution < 1.29 is 8.42 Å². The number of nitrogens with zero attached hydrogens (tertiary/aromatic N) is 2. The highest BCUT2D eigenvalue weighted by Gasteiger charge is 2.22. The molecule has 142 valence electrons. The highest BCUT2D eigenvalue weighted by molar-refractivity contribution is 7.89. The van der Waals surface area contributed by atoms with Gasteiger partial charge in [0.2, 0.25) is 10.0 Å². The molecule has 2 aromatic heterocycles. The van der Waals surface area contributed by atoms with Crippen molar-refractivity contribution in [3.05, 3.63) is 56.4 Å². The number of rotatable bonds is 4. The largest absolute Gasteiger partial charge is 0.335 e. The zero-order valence-electron chi connectivity index (χ0n) is 14.9. The summed E-state index contributed by atoms with van der Waals surface area (Å²) in [4.78, 5) is 19.2. The number of aromatic nitrogens is 2. The van der Waals surface area contributed by atoms with Crippen LogP contribution in [0.4, 0.5) is 0 Å². The number of hydrogen-bond acceptors (Lipinski definition) is 6. The summed E-state index contributed by atoms with van der Waals surface area (Å²) >= 11 is 1.51. The Labute approximate surface area is 160 Å². The fourth-order valence-electron chi connectivity index (χ4n) is 3.34. The van der Waals surface area contributed by atoms with Crippen molar-refractivity contribution in [3.8, 4) is 0 Å². The molecule has 3 aromatic rings. The Balaban J connectivity index is 1.67. The van der Waals surface area contributed by atoms with Crippen molar-refractivity contribution in [3.63, 3.8) is 0 Å². The Morgan fingerprint density at radius 2 is 1.93 bits per heavy atom. The number of benzene rings is 1. The van der Waals surface area contributed by atoms with Gasteiger partial charge in [-0.3, -0.25) is 4.79 Å². The molecule has 0 spiro atoms. The van der Waals surface area contributed by atoms with Crippen LogP contribution in [0.1, 0.15) is 34.7 Å². The average molecular weight is 405 g/mol. The topological polar surface area (TPSA) is 107 Å². The molecule has 0 fully saturated rings. The van der Waals surface area contributed by atoms with Crippen LogP contribution in [-0.4, -0.2) is 18.1 Å². The van der Waals surface area contributed by atoms with E-state index in [9.17, 15) is 13.2 Å². The molecule has 2 heterocycles. The van der Waals surface area contributed by atoms with Gasteiger partial charge in [0, 0.05) is 4.88 Å². The van der Waals surface area contributed by atoms with E-state index in [2.05, 4.69) is 9.71 Å². The minimum atomic E-state index is -3.72. The molecule has 0 radical (unpaired) electrons. The van der Waals surface area contributed by atoms with Crippen LogP contribution in [0.3, 0.4) is 0 Å². The van der Waals surface area contributed by atoms with Crippen LogP contribution in [-0.2, 0) is 29.4 Å². The molecule has 9 heteroatoms. The second-order valence-corrected chi connectivity index (χ2v) is 9.58. The van der Waals surface area contributed by atoms with E-state index in [0.29, 0.717) is 10.2 Å². The standard InChI is InChI=1S/C18H20N4O3S2/c1-11-6-8-12(9-7-11)27(24,25)20-10-15-21-17-16(18(23)22(15)19)13-4-2-3-5-14(13)26-17/h6-9,20H,2-5,10,19H2,1H3. The Bertz CT molecular complexity index is 1180. The lowest BCUT2D eigenvalue weighted by molar-refractivity contribution is 0.577. The smallest absolute Gasteiger partial charge is 0.280 e. The van der Waals surface area contributed by atoms with Gasteiger partial charge in [0.05, 0.1) is 16.8 Å². The zero-order valence-corrected chi connectivity index (χ0v) is 16.5.